The zero-order chi connectivity index (χ0) is 11.8. The first kappa shape index (κ1) is 9.98. The number of fused-ring (bicyclic) bond motifs is 1. The lowest BCUT2D eigenvalue weighted by atomic mass is 10.3. The Hall–Kier alpha value is -2.21. The smallest absolute Gasteiger partial charge is 0.279 e. The van der Waals surface area contributed by atoms with Crippen molar-refractivity contribution in [3.63, 3.8) is 0 Å². The van der Waals surface area contributed by atoms with Gasteiger partial charge in [0.1, 0.15) is 12.0 Å². The van der Waals surface area contributed by atoms with E-state index in [-0.39, 0.29) is 5.56 Å². The highest BCUT2D eigenvalue weighted by Crippen LogP contribution is 2.12. The van der Waals surface area contributed by atoms with Crippen molar-refractivity contribution in [1.82, 2.24) is 19.5 Å². The van der Waals surface area contributed by atoms with Gasteiger partial charge in [-0.2, -0.15) is 0 Å². The molecule has 0 saturated heterocycles. The summed E-state index contributed by atoms with van der Waals surface area (Å²) in [7, 11) is 0. The van der Waals surface area contributed by atoms with Gasteiger partial charge in [0.25, 0.3) is 5.56 Å². The molecule has 0 radical (unpaired) electrons. The number of rotatable bonds is 1. The largest absolute Gasteiger partial charge is 0.316 e. The number of benzene rings is 1. The molecule has 1 aromatic carbocycles. The zero-order valence-electron chi connectivity index (χ0n) is 8.68. The van der Waals surface area contributed by atoms with E-state index in [1.165, 1.54) is 0 Å². The van der Waals surface area contributed by atoms with Crippen molar-refractivity contribution in [2.24, 2.45) is 0 Å². The van der Waals surface area contributed by atoms with E-state index in [1.807, 2.05) is 30.3 Å². The number of aromatic amines is 2. The van der Waals surface area contributed by atoms with E-state index in [4.69, 9.17) is 12.2 Å². The lowest BCUT2D eigenvalue weighted by Gasteiger charge is -2.02. The monoisotopic (exact) mass is 244 g/mol. The maximum atomic E-state index is 11.6. The minimum atomic E-state index is -0.279. The summed E-state index contributed by atoms with van der Waals surface area (Å²) in [6, 6.07) is 9.63. The summed E-state index contributed by atoms with van der Waals surface area (Å²) in [5.41, 5.74) is 1.59. The van der Waals surface area contributed by atoms with Crippen LogP contribution in [0.3, 0.4) is 0 Å². The van der Waals surface area contributed by atoms with Gasteiger partial charge in [0, 0.05) is 5.69 Å². The Bertz CT molecular complexity index is 784. The van der Waals surface area contributed by atoms with Crippen LogP contribution in [0.4, 0.5) is 0 Å². The van der Waals surface area contributed by atoms with Crippen LogP contribution in [0.25, 0.3) is 16.9 Å². The molecule has 0 bridgehead atoms. The molecule has 3 aromatic rings. The standard InChI is InChI=1S/C11H8N4OS/c16-10-8-9(13-11(17)14-10)15(6-12-8)7-4-2-1-3-5-7/h1-6H,(H2,13,14,16,17). The summed E-state index contributed by atoms with van der Waals surface area (Å²) in [5, 5.41) is 0. The van der Waals surface area contributed by atoms with Crippen molar-refractivity contribution >= 4 is 23.4 Å². The Morgan fingerprint density at radius 1 is 1.18 bits per heavy atom. The number of nitrogens with zero attached hydrogens (tertiary/aromatic N) is 2. The Morgan fingerprint density at radius 3 is 2.71 bits per heavy atom. The number of para-hydroxylation sites is 1. The SMILES string of the molecule is O=c1[nH]c(=S)[nH]c2c1ncn2-c1ccccc1. The Labute approximate surface area is 101 Å². The van der Waals surface area contributed by atoms with Crippen LogP contribution in [0.1, 0.15) is 0 Å². The fourth-order valence-electron chi connectivity index (χ4n) is 1.72. The molecule has 0 fully saturated rings. The molecule has 3 rings (SSSR count). The first-order chi connectivity index (χ1) is 8.25. The van der Waals surface area contributed by atoms with Gasteiger partial charge in [0.2, 0.25) is 0 Å². The van der Waals surface area contributed by atoms with Gasteiger partial charge < -0.3 is 4.98 Å². The zero-order valence-corrected chi connectivity index (χ0v) is 9.49. The molecule has 0 unspecified atom stereocenters. The van der Waals surface area contributed by atoms with Crippen molar-refractivity contribution in [1.29, 1.82) is 0 Å². The second-order valence-electron chi connectivity index (χ2n) is 3.56. The van der Waals surface area contributed by atoms with E-state index in [9.17, 15) is 4.79 Å². The van der Waals surface area contributed by atoms with E-state index in [2.05, 4.69) is 15.0 Å². The van der Waals surface area contributed by atoms with Gasteiger partial charge in [-0.1, -0.05) is 18.2 Å². The van der Waals surface area contributed by atoms with E-state index in [0.29, 0.717) is 15.9 Å². The van der Waals surface area contributed by atoms with Crippen molar-refractivity contribution < 1.29 is 0 Å². The highest BCUT2D eigenvalue weighted by Gasteiger charge is 2.07. The highest BCUT2D eigenvalue weighted by atomic mass is 32.1. The molecule has 0 aliphatic heterocycles. The first-order valence-corrected chi connectivity index (χ1v) is 5.41. The number of hydrogen-bond donors (Lipinski definition) is 2. The molecule has 84 valence electrons. The summed E-state index contributed by atoms with van der Waals surface area (Å²) >= 11 is 4.95. The van der Waals surface area contributed by atoms with Gasteiger partial charge >= 0.3 is 0 Å². The van der Waals surface area contributed by atoms with Crippen LogP contribution in [-0.4, -0.2) is 19.5 Å². The molecule has 6 heteroatoms. The van der Waals surface area contributed by atoms with E-state index >= 15 is 0 Å². The second kappa shape index (κ2) is 3.67. The third-order valence-electron chi connectivity index (χ3n) is 2.48. The van der Waals surface area contributed by atoms with Gasteiger partial charge in [-0.3, -0.25) is 14.3 Å². The lowest BCUT2D eigenvalue weighted by molar-refractivity contribution is 1.05. The average Bonchev–Trinajstić information content (AvgIpc) is 2.74. The summed E-state index contributed by atoms with van der Waals surface area (Å²) in [5.74, 6) is 0. The van der Waals surface area contributed by atoms with Crippen molar-refractivity contribution in [2.75, 3.05) is 0 Å². The molecule has 0 amide bonds. The minimum Gasteiger partial charge on any atom is -0.316 e. The van der Waals surface area contributed by atoms with Crippen LogP contribution < -0.4 is 5.56 Å². The normalized spacial score (nSPS) is 10.8. The van der Waals surface area contributed by atoms with Gasteiger partial charge in [-0.25, -0.2) is 4.98 Å². The molecule has 0 aliphatic rings. The highest BCUT2D eigenvalue weighted by molar-refractivity contribution is 7.71. The second-order valence-corrected chi connectivity index (χ2v) is 3.96. The first-order valence-electron chi connectivity index (χ1n) is 5.01. The van der Waals surface area contributed by atoms with E-state index in [0.717, 1.165) is 5.69 Å². The van der Waals surface area contributed by atoms with Gasteiger partial charge in [-0.05, 0) is 24.4 Å². The average molecular weight is 244 g/mol. The van der Waals surface area contributed by atoms with Crippen molar-refractivity contribution in [2.45, 2.75) is 0 Å². The van der Waals surface area contributed by atoms with Crippen LogP contribution in [-0.2, 0) is 0 Å². The van der Waals surface area contributed by atoms with Crippen LogP contribution in [0.15, 0.2) is 41.5 Å². The predicted octanol–water partition coefficient (Wildman–Crippen LogP) is 1.77. The maximum absolute atomic E-state index is 11.6. The lowest BCUT2D eigenvalue weighted by Crippen LogP contribution is -2.08. The summed E-state index contributed by atoms with van der Waals surface area (Å²) in [6.45, 7) is 0. The summed E-state index contributed by atoms with van der Waals surface area (Å²) in [6.07, 6.45) is 1.60. The Balaban J connectivity index is 2.40. The van der Waals surface area contributed by atoms with Crippen molar-refractivity contribution in [3.05, 3.63) is 51.8 Å². The molecular formula is C11H8N4OS. The molecule has 2 N–H and O–H groups in total. The number of H-pyrrole nitrogens is 2. The molecular weight excluding hydrogens is 236 g/mol. The fourth-order valence-corrected chi connectivity index (χ4v) is 1.91. The molecule has 5 nitrogen and oxygen atoms in total. The molecule has 0 aliphatic carbocycles. The van der Waals surface area contributed by atoms with Crippen LogP contribution in [0.5, 0.6) is 0 Å². The molecule has 0 spiro atoms. The van der Waals surface area contributed by atoms with E-state index < -0.39 is 0 Å². The van der Waals surface area contributed by atoms with Crippen LogP contribution >= 0.6 is 12.2 Å². The summed E-state index contributed by atoms with van der Waals surface area (Å²) in [4.78, 5) is 21.1. The Kier molecular flexibility index (Phi) is 2.15. The minimum absolute atomic E-state index is 0.279. The van der Waals surface area contributed by atoms with Gasteiger partial charge in [0.15, 0.2) is 10.3 Å². The number of hydrogen-bond acceptors (Lipinski definition) is 3. The van der Waals surface area contributed by atoms with Crippen molar-refractivity contribution in [3.8, 4) is 5.69 Å². The van der Waals surface area contributed by atoms with Gasteiger partial charge in [-0.15, -0.1) is 0 Å². The molecule has 2 aromatic heterocycles. The number of imidazole rings is 1. The molecule has 0 atom stereocenters. The summed E-state index contributed by atoms with van der Waals surface area (Å²) < 4.78 is 2.08. The molecule has 2 heterocycles. The van der Waals surface area contributed by atoms with Crippen LogP contribution in [0, 0.1) is 4.77 Å². The number of aromatic nitrogens is 4. The van der Waals surface area contributed by atoms with Crippen LogP contribution in [0.2, 0.25) is 0 Å². The third-order valence-corrected chi connectivity index (χ3v) is 2.68. The third kappa shape index (κ3) is 1.58. The predicted molar refractivity (Wildman–Crippen MR) is 66.9 cm³/mol. The maximum Gasteiger partial charge on any atom is 0.279 e. The van der Waals surface area contributed by atoms with Gasteiger partial charge in [0.05, 0.1) is 0 Å². The molecule has 0 saturated carbocycles. The quantitative estimate of drug-likeness (QED) is 0.641. The molecule has 17 heavy (non-hydrogen) atoms. The topological polar surface area (TPSA) is 66.5 Å². The number of nitrogens with one attached hydrogen (secondary N) is 2. The Morgan fingerprint density at radius 2 is 1.94 bits per heavy atom. The fraction of sp³-hybridized carbons (Fsp3) is 0. The van der Waals surface area contributed by atoms with E-state index in [1.54, 1.807) is 10.9 Å².